The summed E-state index contributed by atoms with van der Waals surface area (Å²) in [5.74, 6) is 0.506. The fourth-order valence-electron chi connectivity index (χ4n) is 1.75. The van der Waals surface area contributed by atoms with Crippen molar-refractivity contribution in [3.05, 3.63) is 39.8 Å². The Balaban J connectivity index is 2.44. The molecule has 2 aromatic heterocycles. The van der Waals surface area contributed by atoms with E-state index in [2.05, 4.69) is 27.2 Å². The lowest BCUT2D eigenvalue weighted by Crippen LogP contribution is -2.15. The number of pyridine rings is 1. The molecule has 0 fully saturated rings. The zero-order chi connectivity index (χ0) is 14.0. The zero-order valence-corrected chi connectivity index (χ0v) is 12.4. The van der Waals surface area contributed by atoms with E-state index in [-0.39, 0.29) is 6.04 Å². The molecule has 2 aromatic rings. The summed E-state index contributed by atoms with van der Waals surface area (Å²) in [5, 5.41) is 4.10. The predicted octanol–water partition coefficient (Wildman–Crippen LogP) is 3.43. The molecule has 0 aliphatic carbocycles. The molecule has 0 amide bonds. The third-order valence-electron chi connectivity index (χ3n) is 2.94. The first-order chi connectivity index (χ1) is 9.02. The van der Waals surface area contributed by atoms with Crippen molar-refractivity contribution in [3.63, 3.8) is 0 Å². The number of hydrogen-bond acceptors (Lipinski definition) is 4. The molecule has 0 aliphatic heterocycles. The van der Waals surface area contributed by atoms with Crippen molar-refractivity contribution in [2.75, 3.05) is 7.05 Å². The first kappa shape index (κ1) is 14.2. The van der Waals surface area contributed by atoms with Gasteiger partial charge in [-0.1, -0.05) is 23.2 Å². The Kier molecular flexibility index (Phi) is 4.34. The van der Waals surface area contributed by atoms with E-state index in [1.165, 1.54) is 6.20 Å². The molecule has 2 heterocycles. The second kappa shape index (κ2) is 5.82. The smallest absolute Gasteiger partial charge is 0.179 e. The summed E-state index contributed by atoms with van der Waals surface area (Å²) in [6, 6.07) is 1.83. The van der Waals surface area contributed by atoms with Crippen LogP contribution in [0.5, 0.6) is 0 Å². The molecular weight excluding hydrogens is 283 g/mol. The molecule has 19 heavy (non-hydrogen) atoms. The third-order valence-corrected chi connectivity index (χ3v) is 3.43. The Hall–Kier alpha value is -1.23. The monoisotopic (exact) mass is 296 g/mol. The van der Waals surface area contributed by atoms with Crippen LogP contribution in [0, 0.1) is 6.92 Å². The van der Waals surface area contributed by atoms with Crippen LogP contribution >= 0.6 is 23.2 Å². The van der Waals surface area contributed by atoms with Gasteiger partial charge in [-0.2, -0.15) is 0 Å². The molecule has 0 aromatic carbocycles. The van der Waals surface area contributed by atoms with Gasteiger partial charge in [0.1, 0.15) is 5.69 Å². The fraction of sp³-hybridized carbons (Fsp3) is 0.308. The average molecular weight is 297 g/mol. The highest BCUT2D eigenvalue weighted by molar-refractivity contribution is 6.35. The topological polar surface area (TPSA) is 50.7 Å². The molecular formula is C13H14Cl2N4. The normalized spacial score (nSPS) is 12.5. The van der Waals surface area contributed by atoms with Crippen molar-refractivity contribution in [3.8, 4) is 11.5 Å². The number of nitrogens with one attached hydrogen (secondary N) is 1. The molecule has 0 radical (unpaired) electrons. The zero-order valence-electron chi connectivity index (χ0n) is 10.9. The van der Waals surface area contributed by atoms with Gasteiger partial charge in [-0.3, -0.25) is 0 Å². The molecule has 1 N–H and O–H groups in total. The molecule has 0 spiro atoms. The summed E-state index contributed by atoms with van der Waals surface area (Å²) in [6.45, 7) is 4.00. The molecule has 0 bridgehead atoms. The molecule has 100 valence electrons. The van der Waals surface area contributed by atoms with E-state index >= 15 is 0 Å². The van der Waals surface area contributed by atoms with Crippen LogP contribution in [0.1, 0.15) is 24.2 Å². The quantitative estimate of drug-likeness (QED) is 0.943. The second-order valence-corrected chi connectivity index (χ2v) is 5.07. The number of halogens is 2. The minimum atomic E-state index is 0.197. The van der Waals surface area contributed by atoms with Crippen LogP contribution in [0.4, 0.5) is 0 Å². The minimum Gasteiger partial charge on any atom is -0.313 e. The fourth-order valence-corrected chi connectivity index (χ4v) is 2.21. The van der Waals surface area contributed by atoms with E-state index in [0.29, 0.717) is 21.6 Å². The highest BCUT2D eigenvalue weighted by atomic mass is 35.5. The maximum Gasteiger partial charge on any atom is 0.179 e. The van der Waals surface area contributed by atoms with Gasteiger partial charge in [-0.05, 0) is 27.0 Å². The maximum atomic E-state index is 6.11. The molecule has 0 saturated carbocycles. The third kappa shape index (κ3) is 3.03. The first-order valence-corrected chi connectivity index (χ1v) is 6.60. The molecule has 0 aliphatic rings. The van der Waals surface area contributed by atoms with Crippen molar-refractivity contribution < 1.29 is 0 Å². The lowest BCUT2D eigenvalue weighted by molar-refractivity contribution is 0.641. The Morgan fingerprint density at radius 3 is 2.53 bits per heavy atom. The van der Waals surface area contributed by atoms with E-state index in [1.54, 1.807) is 12.3 Å². The Labute approximate surface area is 122 Å². The SMILES string of the molecule is CNC(C)c1cnc(-c2ncc(Cl)cc2Cl)nc1C. The lowest BCUT2D eigenvalue weighted by Gasteiger charge is -2.13. The van der Waals surface area contributed by atoms with Crippen LogP contribution in [-0.4, -0.2) is 22.0 Å². The molecule has 1 unspecified atom stereocenters. The van der Waals surface area contributed by atoms with Gasteiger partial charge in [0.15, 0.2) is 5.82 Å². The first-order valence-electron chi connectivity index (χ1n) is 5.85. The summed E-state index contributed by atoms with van der Waals surface area (Å²) in [5.41, 5.74) is 2.49. The van der Waals surface area contributed by atoms with E-state index in [0.717, 1.165) is 11.3 Å². The van der Waals surface area contributed by atoms with Gasteiger partial charge in [0.25, 0.3) is 0 Å². The molecule has 6 heteroatoms. The van der Waals surface area contributed by atoms with Crippen LogP contribution in [0.2, 0.25) is 10.0 Å². The summed E-state index contributed by atoms with van der Waals surface area (Å²) in [4.78, 5) is 13.0. The van der Waals surface area contributed by atoms with Gasteiger partial charge < -0.3 is 5.32 Å². The number of nitrogens with zero attached hydrogens (tertiary/aromatic N) is 3. The van der Waals surface area contributed by atoms with E-state index in [9.17, 15) is 0 Å². The van der Waals surface area contributed by atoms with Crippen LogP contribution < -0.4 is 5.32 Å². The van der Waals surface area contributed by atoms with E-state index < -0.39 is 0 Å². The minimum absolute atomic E-state index is 0.197. The van der Waals surface area contributed by atoms with E-state index in [4.69, 9.17) is 23.2 Å². The van der Waals surface area contributed by atoms with Gasteiger partial charge in [-0.25, -0.2) is 15.0 Å². The van der Waals surface area contributed by atoms with Crippen molar-refractivity contribution in [2.45, 2.75) is 19.9 Å². The summed E-state index contributed by atoms with van der Waals surface area (Å²) < 4.78 is 0. The standard InChI is InChI=1S/C13H14Cl2N4/c1-7(16-3)10-6-18-13(19-8(10)2)12-11(15)4-9(14)5-17-12/h4-7,16H,1-3H3. The molecule has 0 saturated heterocycles. The Bertz CT molecular complexity index is 601. The van der Waals surface area contributed by atoms with E-state index in [1.807, 2.05) is 14.0 Å². The largest absolute Gasteiger partial charge is 0.313 e. The summed E-state index contributed by atoms with van der Waals surface area (Å²) in [6.07, 6.45) is 3.33. The van der Waals surface area contributed by atoms with Gasteiger partial charge in [0.2, 0.25) is 0 Å². The molecule has 2 rings (SSSR count). The van der Waals surface area contributed by atoms with Crippen LogP contribution in [0.25, 0.3) is 11.5 Å². The van der Waals surface area contributed by atoms with Crippen molar-refractivity contribution in [1.82, 2.24) is 20.3 Å². The average Bonchev–Trinajstić information content (AvgIpc) is 2.37. The number of aryl methyl sites for hydroxylation is 1. The van der Waals surface area contributed by atoms with Crippen LogP contribution in [0.15, 0.2) is 18.5 Å². The van der Waals surface area contributed by atoms with Crippen molar-refractivity contribution in [1.29, 1.82) is 0 Å². The van der Waals surface area contributed by atoms with Crippen LogP contribution in [-0.2, 0) is 0 Å². The Morgan fingerprint density at radius 1 is 1.21 bits per heavy atom. The van der Waals surface area contributed by atoms with Gasteiger partial charge in [-0.15, -0.1) is 0 Å². The van der Waals surface area contributed by atoms with Gasteiger partial charge in [0, 0.05) is 29.7 Å². The van der Waals surface area contributed by atoms with Crippen molar-refractivity contribution >= 4 is 23.2 Å². The molecule has 4 nitrogen and oxygen atoms in total. The number of hydrogen-bond donors (Lipinski definition) is 1. The van der Waals surface area contributed by atoms with Gasteiger partial charge >= 0.3 is 0 Å². The number of aromatic nitrogens is 3. The van der Waals surface area contributed by atoms with Crippen molar-refractivity contribution in [2.24, 2.45) is 0 Å². The summed E-state index contributed by atoms with van der Waals surface area (Å²) in [7, 11) is 1.90. The predicted molar refractivity (Wildman–Crippen MR) is 77.5 cm³/mol. The Morgan fingerprint density at radius 2 is 1.95 bits per heavy atom. The highest BCUT2D eigenvalue weighted by Gasteiger charge is 2.13. The summed E-state index contributed by atoms with van der Waals surface area (Å²) >= 11 is 11.9. The van der Waals surface area contributed by atoms with Gasteiger partial charge in [0.05, 0.1) is 10.0 Å². The number of rotatable bonds is 3. The lowest BCUT2D eigenvalue weighted by atomic mass is 10.1. The van der Waals surface area contributed by atoms with Crippen LogP contribution in [0.3, 0.4) is 0 Å². The maximum absolute atomic E-state index is 6.11. The second-order valence-electron chi connectivity index (χ2n) is 4.23. The highest BCUT2D eigenvalue weighted by Crippen LogP contribution is 2.26. The molecule has 1 atom stereocenters.